The lowest BCUT2D eigenvalue weighted by Crippen LogP contribution is -2.07. The smallest absolute Gasteiger partial charge is 0.0175 e. The van der Waals surface area contributed by atoms with Gasteiger partial charge in [-0.3, -0.25) is 0 Å². The number of aryl methyl sites for hydroxylation is 2. The molecule has 0 aliphatic heterocycles. The van der Waals surface area contributed by atoms with Crippen LogP contribution in [0.25, 0.3) is 0 Å². The topological polar surface area (TPSA) is 0 Å². The number of halogens is 2. The Balaban J connectivity index is 2.26. The molecule has 0 aliphatic rings. The lowest BCUT2D eigenvalue weighted by atomic mass is 9.89. The van der Waals surface area contributed by atoms with Crippen molar-refractivity contribution >= 4 is 31.9 Å². The molecule has 0 bridgehead atoms. The second-order valence-electron chi connectivity index (χ2n) is 4.98. The molecule has 0 heterocycles. The molecule has 0 aliphatic carbocycles. The van der Waals surface area contributed by atoms with Gasteiger partial charge in [0.2, 0.25) is 0 Å². The molecule has 0 spiro atoms. The van der Waals surface area contributed by atoms with Gasteiger partial charge in [-0.15, -0.1) is 0 Å². The summed E-state index contributed by atoms with van der Waals surface area (Å²) in [5.74, 6) is 0.521. The highest BCUT2D eigenvalue weighted by molar-refractivity contribution is 9.10. The molecule has 100 valence electrons. The monoisotopic (exact) mass is 380 g/mol. The molecule has 2 aromatic carbocycles. The summed E-state index contributed by atoms with van der Waals surface area (Å²) in [5, 5.41) is 0.988. The van der Waals surface area contributed by atoms with Gasteiger partial charge in [0.05, 0.1) is 0 Å². The Morgan fingerprint density at radius 1 is 0.947 bits per heavy atom. The van der Waals surface area contributed by atoms with Crippen LogP contribution in [0, 0.1) is 13.8 Å². The second kappa shape index (κ2) is 6.71. The largest absolute Gasteiger partial charge is 0.0921 e. The van der Waals surface area contributed by atoms with Crippen LogP contribution >= 0.6 is 31.9 Å². The average Bonchev–Trinajstić information content (AvgIpc) is 2.40. The van der Waals surface area contributed by atoms with Gasteiger partial charge in [-0.25, -0.2) is 0 Å². The van der Waals surface area contributed by atoms with E-state index in [0.717, 1.165) is 16.2 Å². The van der Waals surface area contributed by atoms with E-state index >= 15 is 0 Å². The quantitative estimate of drug-likeness (QED) is 0.588. The third-order valence-electron chi connectivity index (χ3n) is 3.62. The van der Waals surface area contributed by atoms with Gasteiger partial charge >= 0.3 is 0 Å². The first-order valence-corrected chi connectivity index (χ1v) is 8.39. The molecule has 0 fully saturated rings. The normalized spacial score (nSPS) is 12.4. The van der Waals surface area contributed by atoms with Gasteiger partial charge in [-0.2, -0.15) is 0 Å². The van der Waals surface area contributed by atoms with E-state index in [1.165, 1.54) is 22.3 Å². The zero-order chi connectivity index (χ0) is 13.8. The molecule has 2 heteroatoms. The predicted octanol–water partition coefficient (Wildman–Crippen LogP) is 5.79. The summed E-state index contributed by atoms with van der Waals surface area (Å²) in [6, 6.07) is 15.2. The molecule has 0 nitrogen and oxygen atoms in total. The fourth-order valence-corrected chi connectivity index (χ4v) is 3.28. The number of rotatable bonds is 4. The van der Waals surface area contributed by atoms with E-state index in [1.807, 2.05) is 0 Å². The van der Waals surface area contributed by atoms with Crippen molar-refractivity contribution in [3.8, 4) is 0 Å². The number of hydrogen-bond donors (Lipinski definition) is 0. The van der Waals surface area contributed by atoms with Gasteiger partial charge in [0, 0.05) is 9.80 Å². The standard InChI is InChI=1S/C17H18Br2/c1-12-4-3-5-13(2)17(12)10-15(11-18)14-6-8-16(19)9-7-14/h3-9,15H,10-11H2,1-2H3. The van der Waals surface area contributed by atoms with Gasteiger partial charge in [0.1, 0.15) is 0 Å². The van der Waals surface area contributed by atoms with Crippen molar-refractivity contribution in [2.45, 2.75) is 26.2 Å². The maximum Gasteiger partial charge on any atom is 0.0175 e. The minimum Gasteiger partial charge on any atom is -0.0921 e. The molecule has 0 aromatic heterocycles. The van der Waals surface area contributed by atoms with Gasteiger partial charge < -0.3 is 0 Å². The van der Waals surface area contributed by atoms with E-state index < -0.39 is 0 Å². The van der Waals surface area contributed by atoms with Crippen LogP contribution in [0.4, 0.5) is 0 Å². The van der Waals surface area contributed by atoms with E-state index in [9.17, 15) is 0 Å². The number of benzene rings is 2. The Morgan fingerprint density at radius 2 is 1.53 bits per heavy atom. The van der Waals surface area contributed by atoms with E-state index in [2.05, 4.69) is 88.2 Å². The van der Waals surface area contributed by atoms with E-state index in [-0.39, 0.29) is 0 Å². The minimum atomic E-state index is 0.521. The van der Waals surface area contributed by atoms with Crippen LogP contribution in [-0.4, -0.2) is 5.33 Å². The molecular formula is C17H18Br2. The zero-order valence-corrected chi connectivity index (χ0v) is 14.5. The molecule has 0 radical (unpaired) electrons. The zero-order valence-electron chi connectivity index (χ0n) is 11.3. The van der Waals surface area contributed by atoms with Crippen molar-refractivity contribution in [1.82, 2.24) is 0 Å². The van der Waals surface area contributed by atoms with Crippen molar-refractivity contribution in [1.29, 1.82) is 0 Å². The first-order chi connectivity index (χ1) is 9.11. The summed E-state index contributed by atoms with van der Waals surface area (Å²) in [5.41, 5.74) is 5.66. The maximum absolute atomic E-state index is 3.67. The third kappa shape index (κ3) is 3.70. The lowest BCUT2D eigenvalue weighted by molar-refractivity contribution is 0.767. The molecule has 19 heavy (non-hydrogen) atoms. The highest BCUT2D eigenvalue weighted by Gasteiger charge is 2.13. The number of alkyl halides is 1. The minimum absolute atomic E-state index is 0.521. The van der Waals surface area contributed by atoms with Gasteiger partial charge in [-0.1, -0.05) is 62.2 Å². The van der Waals surface area contributed by atoms with E-state index in [4.69, 9.17) is 0 Å². The molecule has 1 atom stereocenters. The Hall–Kier alpha value is -0.600. The van der Waals surface area contributed by atoms with Crippen molar-refractivity contribution in [3.63, 3.8) is 0 Å². The highest BCUT2D eigenvalue weighted by atomic mass is 79.9. The van der Waals surface area contributed by atoms with Crippen molar-refractivity contribution in [3.05, 3.63) is 69.2 Å². The molecule has 1 unspecified atom stereocenters. The van der Waals surface area contributed by atoms with Gasteiger partial charge in [-0.05, 0) is 60.6 Å². The van der Waals surface area contributed by atoms with Gasteiger partial charge in [0.25, 0.3) is 0 Å². The fourth-order valence-electron chi connectivity index (χ4n) is 2.41. The SMILES string of the molecule is Cc1cccc(C)c1CC(CBr)c1ccc(Br)cc1. The van der Waals surface area contributed by atoms with E-state index in [0.29, 0.717) is 5.92 Å². The fraction of sp³-hybridized carbons (Fsp3) is 0.294. The Kier molecular flexibility index (Phi) is 5.23. The summed E-state index contributed by atoms with van der Waals surface area (Å²) in [6.45, 7) is 4.41. The van der Waals surface area contributed by atoms with Crippen LogP contribution in [0.5, 0.6) is 0 Å². The second-order valence-corrected chi connectivity index (χ2v) is 6.54. The van der Waals surface area contributed by atoms with Crippen LogP contribution in [0.15, 0.2) is 46.9 Å². The highest BCUT2D eigenvalue weighted by Crippen LogP contribution is 2.27. The first-order valence-electron chi connectivity index (χ1n) is 6.48. The predicted molar refractivity (Wildman–Crippen MR) is 90.3 cm³/mol. The van der Waals surface area contributed by atoms with Gasteiger partial charge in [0.15, 0.2) is 0 Å². The van der Waals surface area contributed by atoms with Crippen molar-refractivity contribution < 1.29 is 0 Å². The van der Waals surface area contributed by atoms with Crippen LogP contribution in [0.1, 0.15) is 28.2 Å². The van der Waals surface area contributed by atoms with E-state index in [1.54, 1.807) is 0 Å². The molecule has 2 rings (SSSR count). The Bertz CT molecular complexity index is 523. The lowest BCUT2D eigenvalue weighted by Gasteiger charge is -2.18. The first kappa shape index (κ1) is 14.8. The summed E-state index contributed by atoms with van der Waals surface area (Å²) in [4.78, 5) is 0. The van der Waals surface area contributed by atoms with Crippen LogP contribution in [0.2, 0.25) is 0 Å². The summed E-state index contributed by atoms with van der Waals surface area (Å²) in [7, 11) is 0. The Morgan fingerprint density at radius 3 is 2.05 bits per heavy atom. The molecule has 0 saturated carbocycles. The van der Waals surface area contributed by atoms with Crippen molar-refractivity contribution in [2.75, 3.05) is 5.33 Å². The van der Waals surface area contributed by atoms with Crippen LogP contribution in [0.3, 0.4) is 0 Å². The third-order valence-corrected chi connectivity index (χ3v) is 4.93. The maximum atomic E-state index is 3.67. The molecular weight excluding hydrogens is 364 g/mol. The average molecular weight is 382 g/mol. The molecule has 2 aromatic rings. The Labute approximate surface area is 132 Å². The van der Waals surface area contributed by atoms with Crippen molar-refractivity contribution in [2.24, 2.45) is 0 Å². The summed E-state index contributed by atoms with van der Waals surface area (Å²) >= 11 is 7.16. The van der Waals surface area contributed by atoms with Crippen LogP contribution < -0.4 is 0 Å². The molecule has 0 saturated heterocycles. The number of hydrogen-bond acceptors (Lipinski definition) is 0. The van der Waals surface area contributed by atoms with Crippen LogP contribution in [-0.2, 0) is 6.42 Å². The summed E-state index contributed by atoms with van der Waals surface area (Å²) < 4.78 is 1.14. The summed E-state index contributed by atoms with van der Waals surface area (Å²) in [6.07, 6.45) is 1.09. The molecule has 0 amide bonds. The molecule has 0 N–H and O–H groups in total.